The van der Waals surface area contributed by atoms with Gasteiger partial charge in [0, 0.05) is 12.5 Å². The average molecular weight is 113 g/mol. The van der Waals surface area contributed by atoms with Crippen LogP contribution in [0.25, 0.3) is 0 Å². The molecular weight excluding hydrogens is 102 g/mol. The Morgan fingerprint density at radius 2 is 2.50 bits per heavy atom. The Bertz CT molecular complexity index is 109. The van der Waals surface area contributed by atoms with Gasteiger partial charge in [-0.15, -0.1) is 0 Å². The third kappa shape index (κ3) is 0.831. The summed E-state index contributed by atoms with van der Waals surface area (Å²) >= 11 is 0. The number of hydrogen-bond acceptors (Lipinski definition) is 2. The monoisotopic (exact) mass is 113 g/mol. The Labute approximate surface area is 49.6 Å². The molecule has 0 fully saturated rings. The van der Waals surface area contributed by atoms with Gasteiger partial charge < -0.3 is 4.74 Å². The molecule has 1 rings (SSSR count). The molecule has 1 aliphatic rings. The first-order chi connectivity index (χ1) is 3.84. The largest absolute Gasteiger partial charge is 0.484 e. The van der Waals surface area contributed by atoms with Gasteiger partial charge in [-0.05, 0) is 6.42 Å². The predicted molar refractivity (Wildman–Crippen MR) is 33.1 cm³/mol. The number of rotatable bonds is 0. The molecule has 0 saturated carbocycles. The van der Waals surface area contributed by atoms with E-state index in [2.05, 4.69) is 11.9 Å². The maximum absolute atomic E-state index is 4.97. The molecule has 1 aliphatic heterocycles. The van der Waals surface area contributed by atoms with Crippen molar-refractivity contribution >= 4 is 5.90 Å². The summed E-state index contributed by atoms with van der Waals surface area (Å²) in [6.45, 7) is 3.08. The third-order valence-corrected chi connectivity index (χ3v) is 1.46. The van der Waals surface area contributed by atoms with Gasteiger partial charge in [0.25, 0.3) is 0 Å². The summed E-state index contributed by atoms with van der Waals surface area (Å²) in [6, 6.07) is 0. The van der Waals surface area contributed by atoms with Gasteiger partial charge in [0.2, 0.25) is 0 Å². The summed E-state index contributed by atoms with van der Waals surface area (Å²) < 4.78 is 4.97. The molecule has 0 aliphatic carbocycles. The van der Waals surface area contributed by atoms with E-state index in [0.717, 1.165) is 18.9 Å². The summed E-state index contributed by atoms with van der Waals surface area (Å²) in [6.07, 6.45) is 1.16. The van der Waals surface area contributed by atoms with Gasteiger partial charge in [-0.25, -0.2) is 0 Å². The minimum Gasteiger partial charge on any atom is -0.484 e. The second-order valence-corrected chi connectivity index (χ2v) is 2.11. The van der Waals surface area contributed by atoms with Crippen LogP contribution in [0.15, 0.2) is 4.99 Å². The summed E-state index contributed by atoms with van der Waals surface area (Å²) in [7, 11) is 1.68. The van der Waals surface area contributed by atoms with Gasteiger partial charge in [-0.1, -0.05) is 6.92 Å². The fourth-order valence-electron chi connectivity index (χ4n) is 0.913. The smallest absolute Gasteiger partial charge is 0.185 e. The van der Waals surface area contributed by atoms with Crippen molar-refractivity contribution < 1.29 is 4.74 Å². The molecule has 0 bridgehead atoms. The SMILES string of the molecule is COC1=NCC[C@H]1C. The van der Waals surface area contributed by atoms with Crippen molar-refractivity contribution in [2.24, 2.45) is 10.9 Å². The normalized spacial score (nSPS) is 27.8. The minimum atomic E-state index is 0.556. The van der Waals surface area contributed by atoms with E-state index >= 15 is 0 Å². The molecule has 0 amide bonds. The molecule has 2 nitrogen and oxygen atoms in total. The van der Waals surface area contributed by atoms with Crippen molar-refractivity contribution in [1.29, 1.82) is 0 Å². The van der Waals surface area contributed by atoms with Crippen molar-refractivity contribution in [2.75, 3.05) is 13.7 Å². The Balaban J connectivity index is 2.49. The maximum atomic E-state index is 4.97. The van der Waals surface area contributed by atoms with Crippen molar-refractivity contribution in [2.45, 2.75) is 13.3 Å². The van der Waals surface area contributed by atoms with E-state index in [0.29, 0.717) is 5.92 Å². The molecule has 46 valence electrons. The highest BCUT2D eigenvalue weighted by Gasteiger charge is 2.15. The topological polar surface area (TPSA) is 21.6 Å². The van der Waals surface area contributed by atoms with E-state index in [9.17, 15) is 0 Å². The molecule has 0 N–H and O–H groups in total. The average Bonchev–Trinajstić information content (AvgIpc) is 2.14. The van der Waals surface area contributed by atoms with Gasteiger partial charge >= 0.3 is 0 Å². The highest BCUT2D eigenvalue weighted by atomic mass is 16.5. The molecule has 0 aromatic heterocycles. The lowest BCUT2D eigenvalue weighted by atomic mass is 10.1. The fourth-order valence-corrected chi connectivity index (χ4v) is 0.913. The summed E-state index contributed by atoms with van der Waals surface area (Å²) in [5.41, 5.74) is 0. The lowest BCUT2D eigenvalue weighted by Crippen LogP contribution is -2.06. The highest BCUT2D eigenvalue weighted by Crippen LogP contribution is 2.12. The van der Waals surface area contributed by atoms with Crippen LogP contribution in [0.5, 0.6) is 0 Å². The van der Waals surface area contributed by atoms with Crippen LogP contribution < -0.4 is 0 Å². The van der Waals surface area contributed by atoms with Crippen molar-refractivity contribution in [1.82, 2.24) is 0 Å². The Morgan fingerprint density at radius 1 is 1.75 bits per heavy atom. The zero-order chi connectivity index (χ0) is 5.98. The lowest BCUT2D eigenvalue weighted by Gasteiger charge is -2.02. The van der Waals surface area contributed by atoms with E-state index in [4.69, 9.17) is 4.74 Å². The lowest BCUT2D eigenvalue weighted by molar-refractivity contribution is 0.378. The molecule has 0 aromatic rings. The maximum Gasteiger partial charge on any atom is 0.185 e. The van der Waals surface area contributed by atoms with Crippen LogP contribution in [0, 0.1) is 5.92 Å². The quantitative estimate of drug-likeness (QED) is 0.460. The fraction of sp³-hybridized carbons (Fsp3) is 0.833. The third-order valence-electron chi connectivity index (χ3n) is 1.46. The molecule has 0 spiro atoms. The molecule has 8 heavy (non-hydrogen) atoms. The molecule has 0 saturated heterocycles. The predicted octanol–water partition coefficient (Wildman–Crippen LogP) is 1.07. The van der Waals surface area contributed by atoms with Crippen molar-refractivity contribution in [3.63, 3.8) is 0 Å². The van der Waals surface area contributed by atoms with Gasteiger partial charge in [-0.2, -0.15) is 0 Å². The first-order valence-electron chi connectivity index (χ1n) is 2.93. The Morgan fingerprint density at radius 3 is 2.75 bits per heavy atom. The van der Waals surface area contributed by atoms with Crippen LogP contribution in [0.4, 0.5) is 0 Å². The van der Waals surface area contributed by atoms with Crippen LogP contribution in [0.1, 0.15) is 13.3 Å². The zero-order valence-electron chi connectivity index (χ0n) is 5.35. The van der Waals surface area contributed by atoms with E-state index in [-0.39, 0.29) is 0 Å². The molecule has 0 unspecified atom stereocenters. The van der Waals surface area contributed by atoms with Crippen molar-refractivity contribution in [3.8, 4) is 0 Å². The highest BCUT2D eigenvalue weighted by molar-refractivity contribution is 5.79. The van der Waals surface area contributed by atoms with Gasteiger partial charge in [0.05, 0.1) is 7.11 Å². The number of methoxy groups -OCH3 is 1. The number of hydrogen-bond donors (Lipinski definition) is 0. The van der Waals surface area contributed by atoms with Gasteiger partial charge in [-0.3, -0.25) is 4.99 Å². The molecule has 0 aromatic carbocycles. The summed E-state index contributed by atoms with van der Waals surface area (Å²) in [5, 5.41) is 0. The minimum absolute atomic E-state index is 0.556. The first-order valence-corrected chi connectivity index (χ1v) is 2.93. The van der Waals surface area contributed by atoms with Crippen LogP contribution in [0.2, 0.25) is 0 Å². The molecule has 1 heterocycles. The second-order valence-electron chi connectivity index (χ2n) is 2.11. The molecule has 1 atom stereocenters. The number of nitrogens with zero attached hydrogens (tertiary/aromatic N) is 1. The molecule has 0 radical (unpaired) electrons. The Hall–Kier alpha value is -0.530. The number of ether oxygens (including phenoxy) is 1. The van der Waals surface area contributed by atoms with Crippen LogP contribution in [0.3, 0.4) is 0 Å². The zero-order valence-corrected chi connectivity index (χ0v) is 5.35. The molecular formula is C6H11NO. The van der Waals surface area contributed by atoms with Crippen LogP contribution in [-0.2, 0) is 4.74 Å². The molecule has 2 heteroatoms. The van der Waals surface area contributed by atoms with Gasteiger partial charge in [0.15, 0.2) is 5.90 Å². The first kappa shape index (κ1) is 5.60. The Kier molecular flexibility index (Phi) is 1.51. The van der Waals surface area contributed by atoms with E-state index in [1.807, 2.05) is 0 Å². The second kappa shape index (κ2) is 2.16. The van der Waals surface area contributed by atoms with E-state index in [1.54, 1.807) is 7.11 Å². The summed E-state index contributed by atoms with van der Waals surface area (Å²) in [4.78, 5) is 4.13. The summed E-state index contributed by atoms with van der Waals surface area (Å²) in [5.74, 6) is 1.48. The van der Waals surface area contributed by atoms with Crippen molar-refractivity contribution in [3.05, 3.63) is 0 Å². The van der Waals surface area contributed by atoms with Crippen LogP contribution in [-0.4, -0.2) is 19.6 Å². The number of aliphatic imine (C=N–C) groups is 1. The van der Waals surface area contributed by atoms with E-state index < -0.39 is 0 Å². The van der Waals surface area contributed by atoms with Gasteiger partial charge in [0.1, 0.15) is 0 Å². The van der Waals surface area contributed by atoms with E-state index in [1.165, 1.54) is 0 Å². The van der Waals surface area contributed by atoms with Crippen LogP contribution >= 0.6 is 0 Å². The standard InChI is InChI=1S/C6H11NO/c1-5-3-4-7-6(5)8-2/h5H,3-4H2,1-2H3/t5-/m1/s1.